The van der Waals surface area contributed by atoms with Gasteiger partial charge >= 0.3 is 5.97 Å². The molecule has 6 nitrogen and oxygen atoms in total. The van der Waals surface area contributed by atoms with Crippen molar-refractivity contribution in [2.24, 2.45) is 0 Å². The standard InChI is InChI=1S/C18H19NO5/c1-2-12-3-5-13(6-4-12)14-7-8-15(24-14)17(20)19-9-10-23-16(11-19)18(21)22/h3-8,16H,2,9-11H2,1H3,(H,21,22)/t16-/m0/s1. The van der Waals surface area contributed by atoms with Crippen molar-refractivity contribution in [3.8, 4) is 11.3 Å². The van der Waals surface area contributed by atoms with Crippen molar-refractivity contribution < 1.29 is 23.8 Å². The topological polar surface area (TPSA) is 80.0 Å². The molecule has 1 aliphatic rings. The fourth-order valence-corrected chi connectivity index (χ4v) is 2.65. The second kappa shape index (κ2) is 6.88. The van der Waals surface area contributed by atoms with Gasteiger partial charge in [0.15, 0.2) is 11.9 Å². The molecule has 126 valence electrons. The summed E-state index contributed by atoms with van der Waals surface area (Å²) in [4.78, 5) is 25.0. The fourth-order valence-electron chi connectivity index (χ4n) is 2.65. The highest BCUT2D eigenvalue weighted by molar-refractivity contribution is 5.92. The van der Waals surface area contributed by atoms with Gasteiger partial charge in [-0.3, -0.25) is 4.79 Å². The average molecular weight is 329 g/mol. The molecule has 1 N–H and O–H groups in total. The van der Waals surface area contributed by atoms with Gasteiger partial charge in [0.2, 0.25) is 0 Å². The Hall–Kier alpha value is -2.60. The molecule has 0 bridgehead atoms. The van der Waals surface area contributed by atoms with Crippen LogP contribution < -0.4 is 0 Å². The number of carboxylic acid groups (broad SMARTS) is 1. The van der Waals surface area contributed by atoms with Crippen LogP contribution in [0.15, 0.2) is 40.8 Å². The highest BCUT2D eigenvalue weighted by atomic mass is 16.5. The third kappa shape index (κ3) is 3.33. The molecule has 1 aliphatic heterocycles. The lowest BCUT2D eigenvalue weighted by molar-refractivity contribution is -0.154. The summed E-state index contributed by atoms with van der Waals surface area (Å²) in [7, 11) is 0. The first-order valence-corrected chi connectivity index (χ1v) is 7.91. The zero-order chi connectivity index (χ0) is 17.1. The molecule has 0 unspecified atom stereocenters. The normalized spacial score (nSPS) is 17.7. The fraction of sp³-hybridized carbons (Fsp3) is 0.333. The first-order chi connectivity index (χ1) is 11.6. The third-order valence-electron chi connectivity index (χ3n) is 4.09. The van der Waals surface area contributed by atoms with E-state index in [1.807, 2.05) is 24.3 Å². The molecular weight excluding hydrogens is 310 g/mol. The highest BCUT2D eigenvalue weighted by Crippen LogP contribution is 2.24. The average Bonchev–Trinajstić information content (AvgIpc) is 3.11. The Bertz CT molecular complexity index is 734. The van der Waals surface area contributed by atoms with Crippen molar-refractivity contribution in [3.63, 3.8) is 0 Å². The van der Waals surface area contributed by atoms with E-state index in [-0.39, 0.29) is 24.8 Å². The number of aryl methyl sites for hydroxylation is 1. The quantitative estimate of drug-likeness (QED) is 0.932. The lowest BCUT2D eigenvalue weighted by Gasteiger charge is -2.30. The molecule has 1 saturated heterocycles. The van der Waals surface area contributed by atoms with Crippen molar-refractivity contribution in [1.29, 1.82) is 0 Å². The number of aliphatic carboxylic acids is 1. The monoisotopic (exact) mass is 329 g/mol. The molecule has 3 rings (SSSR count). The van der Waals surface area contributed by atoms with Gasteiger partial charge in [-0.15, -0.1) is 0 Å². The molecule has 6 heteroatoms. The van der Waals surface area contributed by atoms with E-state index in [0.717, 1.165) is 12.0 Å². The Morgan fingerprint density at radius 3 is 2.62 bits per heavy atom. The SMILES string of the molecule is CCc1ccc(-c2ccc(C(=O)N3CCO[C@H](C(=O)O)C3)o2)cc1. The van der Waals surface area contributed by atoms with Crippen molar-refractivity contribution in [3.05, 3.63) is 47.7 Å². The maximum atomic E-state index is 12.5. The molecule has 1 fully saturated rings. The van der Waals surface area contributed by atoms with Crippen LogP contribution in [0.1, 0.15) is 23.0 Å². The molecule has 24 heavy (non-hydrogen) atoms. The van der Waals surface area contributed by atoms with Gasteiger partial charge < -0.3 is 19.2 Å². The summed E-state index contributed by atoms with van der Waals surface area (Å²) < 4.78 is 10.8. The zero-order valence-electron chi connectivity index (χ0n) is 13.4. The smallest absolute Gasteiger partial charge is 0.334 e. The van der Waals surface area contributed by atoms with E-state index in [4.69, 9.17) is 14.3 Å². The summed E-state index contributed by atoms with van der Waals surface area (Å²) >= 11 is 0. The van der Waals surface area contributed by atoms with Gasteiger partial charge in [0.05, 0.1) is 13.2 Å². The Morgan fingerprint density at radius 2 is 1.96 bits per heavy atom. The Balaban J connectivity index is 1.74. The van der Waals surface area contributed by atoms with Gasteiger partial charge in [0, 0.05) is 12.1 Å². The maximum absolute atomic E-state index is 12.5. The van der Waals surface area contributed by atoms with Gasteiger partial charge in [0.1, 0.15) is 5.76 Å². The molecule has 0 saturated carbocycles. The summed E-state index contributed by atoms with van der Waals surface area (Å²) in [6, 6.07) is 11.3. The number of furan rings is 1. The number of hydrogen-bond donors (Lipinski definition) is 1. The lowest BCUT2D eigenvalue weighted by Crippen LogP contribution is -2.48. The second-order valence-electron chi connectivity index (χ2n) is 5.66. The number of ether oxygens (including phenoxy) is 1. The molecule has 0 aliphatic carbocycles. The number of morpholine rings is 1. The van der Waals surface area contributed by atoms with Crippen molar-refractivity contribution in [2.45, 2.75) is 19.4 Å². The minimum absolute atomic E-state index is 0.0232. The molecular formula is C18H19NO5. The van der Waals surface area contributed by atoms with Crippen LogP contribution in [0.2, 0.25) is 0 Å². The van der Waals surface area contributed by atoms with Gasteiger partial charge in [-0.2, -0.15) is 0 Å². The van der Waals surface area contributed by atoms with Crippen molar-refractivity contribution in [2.75, 3.05) is 19.7 Å². The van der Waals surface area contributed by atoms with Crippen LogP contribution in [0.3, 0.4) is 0 Å². The first kappa shape index (κ1) is 16.3. The molecule has 1 aromatic heterocycles. The number of carbonyl (C=O) groups is 2. The largest absolute Gasteiger partial charge is 0.479 e. The summed E-state index contributed by atoms with van der Waals surface area (Å²) in [6.07, 6.45) is -0.0250. The van der Waals surface area contributed by atoms with Crippen LogP contribution in [-0.2, 0) is 16.0 Å². The highest BCUT2D eigenvalue weighted by Gasteiger charge is 2.30. The Labute approximate surface area is 139 Å². The molecule has 1 aromatic carbocycles. The maximum Gasteiger partial charge on any atom is 0.334 e. The van der Waals surface area contributed by atoms with Crippen LogP contribution in [0.4, 0.5) is 0 Å². The summed E-state index contributed by atoms with van der Waals surface area (Å²) in [6.45, 7) is 2.67. The number of nitrogens with zero attached hydrogens (tertiary/aromatic N) is 1. The number of carboxylic acids is 1. The predicted molar refractivity (Wildman–Crippen MR) is 86.8 cm³/mol. The molecule has 0 spiro atoms. The van der Waals surface area contributed by atoms with E-state index in [2.05, 4.69) is 6.92 Å². The van der Waals surface area contributed by atoms with E-state index < -0.39 is 12.1 Å². The molecule has 0 radical (unpaired) electrons. The second-order valence-corrected chi connectivity index (χ2v) is 5.66. The van der Waals surface area contributed by atoms with E-state index in [1.165, 1.54) is 10.5 Å². The number of hydrogen-bond acceptors (Lipinski definition) is 4. The van der Waals surface area contributed by atoms with Crippen molar-refractivity contribution in [1.82, 2.24) is 4.90 Å². The number of rotatable bonds is 4. The lowest BCUT2D eigenvalue weighted by atomic mass is 10.1. The molecule has 1 amide bonds. The van der Waals surface area contributed by atoms with Crippen LogP contribution in [0.5, 0.6) is 0 Å². The first-order valence-electron chi connectivity index (χ1n) is 7.91. The van der Waals surface area contributed by atoms with E-state index in [0.29, 0.717) is 12.3 Å². The van der Waals surface area contributed by atoms with Crippen LogP contribution in [-0.4, -0.2) is 47.7 Å². The van der Waals surface area contributed by atoms with Crippen LogP contribution in [0.25, 0.3) is 11.3 Å². The molecule has 1 atom stereocenters. The van der Waals surface area contributed by atoms with E-state index in [1.54, 1.807) is 12.1 Å². The van der Waals surface area contributed by atoms with Crippen LogP contribution in [0, 0.1) is 0 Å². The Kier molecular flexibility index (Phi) is 4.66. The predicted octanol–water partition coefficient (Wildman–Crippen LogP) is 2.43. The summed E-state index contributed by atoms with van der Waals surface area (Å²) in [5.41, 5.74) is 2.13. The van der Waals surface area contributed by atoms with E-state index >= 15 is 0 Å². The zero-order valence-corrected chi connectivity index (χ0v) is 13.4. The third-order valence-corrected chi connectivity index (χ3v) is 4.09. The van der Waals surface area contributed by atoms with Gasteiger partial charge in [-0.1, -0.05) is 31.2 Å². The Morgan fingerprint density at radius 1 is 1.21 bits per heavy atom. The van der Waals surface area contributed by atoms with Gasteiger partial charge in [0.25, 0.3) is 5.91 Å². The van der Waals surface area contributed by atoms with E-state index in [9.17, 15) is 9.59 Å². The van der Waals surface area contributed by atoms with Gasteiger partial charge in [-0.05, 0) is 24.1 Å². The van der Waals surface area contributed by atoms with Crippen LogP contribution >= 0.6 is 0 Å². The summed E-state index contributed by atoms with van der Waals surface area (Å²) in [5.74, 6) is -0.565. The number of amides is 1. The number of benzene rings is 1. The minimum Gasteiger partial charge on any atom is -0.479 e. The molecule has 2 heterocycles. The van der Waals surface area contributed by atoms with Gasteiger partial charge in [-0.25, -0.2) is 4.79 Å². The number of carbonyl (C=O) groups excluding carboxylic acids is 1. The summed E-state index contributed by atoms with van der Waals surface area (Å²) in [5, 5.41) is 9.02. The minimum atomic E-state index is -1.07. The molecule has 2 aromatic rings. The van der Waals surface area contributed by atoms with Crippen molar-refractivity contribution >= 4 is 11.9 Å².